The second-order valence-electron chi connectivity index (χ2n) is 4.94. The smallest absolute Gasteiger partial charge is 0.119 e. The third-order valence-electron chi connectivity index (χ3n) is 2.72. The van der Waals surface area contributed by atoms with E-state index in [0.717, 1.165) is 25.5 Å². The van der Waals surface area contributed by atoms with Gasteiger partial charge in [0, 0.05) is 19.7 Å². The maximum Gasteiger partial charge on any atom is 0.119 e. The van der Waals surface area contributed by atoms with E-state index in [1.54, 1.807) is 7.11 Å². The Morgan fingerprint density at radius 3 is 2.33 bits per heavy atom. The Balaban J connectivity index is 2.43. The largest absolute Gasteiger partial charge is 0.493 e. The summed E-state index contributed by atoms with van der Waals surface area (Å²) < 4.78 is 10.7. The van der Waals surface area contributed by atoms with Gasteiger partial charge in [0.05, 0.1) is 13.2 Å². The summed E-state index contributed by atoms with van der Waals surface area (Å²) in [6.45, 7) is 8.82. The molecule has 0 amide bonds. The molecule has 0 saturated carbocycles. The van der Waals surface area contributed by atoms with Crippen LogP contribution in [0.15, 0.2) is 24.3 Å². The van der Waals surface area contributed by atoms with Crippen molar-refractivity contribution in [1.29, 1.82) is 0 Å². The Morgan fingerprint density at radius 1 is 1.11 bits per heavy atom. The molecule has 0 aromatic heterocycles. The summed E-state index contributed by atoms with van der Waals surface area (Å²) in [5.41, 5.74) is 1.27. The van der Waals surface area contributed by atoms with Gasteiger partial charge in [0.2, 0.25) is 0 Å². The minimum Gasteiger partial charge on any atom is -0.493 e. The molecule has 0 spiro atoms. The fourth-order valence-corrected chi connectivity index (χ4v) is 1.61. The molecule has 1 aromatic carbocycles. The van der Waals surface area contributed by atoms with Gasteiger partial charge in [0.1, 0.15) is 5.75 Å². The Kier molecular flexibility index (Phi) is 6.76. The second kappa shape index (κ2) is 8.11. The third kappa shape index (κ3) is 5.52. The van der Waals surface area contributed by atoms with Crippen molar-refractivity contribution in [1.82, 2.24) is 5.32 Å². The lowest BCUT2D eigenvalue weighted by atomic mass is 10.1. The van der Waals surface area contributed by atoms with Crippen molar-refractivity contribution in [3.63, 3.8) is 0 Å². The van der Waals surface area contributed by atoms with E-state index >= 15 is 0 Å². The summed E-state index contributed by atoms with van der Waals surface area (Å²) in [7, 11) is 1.72. The topological polar surface area (TPSA) is 30.5 Å². The third-order valence-corrected chi connectivity index (χ3v) is 2.72. The maximum absolute atomic E-state index is 5.66. The van der Waals surface area contributed by atoms with Gasteiger partial charge in [0.15, 0.2) is 0 Å². The van der Waals surface area contributed by atoms with Crippen molar-refractivity contribution in [3.8, 4) is 5.75 Å². The highest BCUT2D eigenvalue weighted by Gasteiger charge is 2.04. The van der Waals surface area contributed by atoms with Gasteiger partial charge in [-0.2, -0.15) is 0 Å². The van der Waals surface area contributed by atoms with Crippen LogP contribution in [0.3, 0.4) is 0 Å². The van der Waals surface area contributed by atoms with Crippen LogP contribution in [0.2, 0.25) is 0 Å². The number of ether oxygens (including phenoxy) is 2. The summed E-state index contributed by atoms with van der Waals surface area (Å²) in [5.74, 6) is 1.50. The molecular formula is C15H25NO2. The van der Waals surface area contributed by atoms with E-state index in [1.807, 2.05) is 12.1 Å². The van der Waals surface area contributed by atoms with Crippen LogP contribution in [0.25, 0.3) is 0 Å². The average Bonchev–Trinajstić information content (AvgIpc) is 2.37. The number of benzene rings is 1. The monoisotopic (exact) mass is 251 g/mol. The summed E-state index contributed by atoms with van der Waals surface area (Å²) in [6, 6.07) is 8.62. The molecule has 0 aliphatic heterocycles. The van der Waals surface area contributed by atoms with Crippen LogP contribution in [0.5, 0.6) is 5.75 Å². The molecule has 1 rings (SSSR count). The van der Waals surface area contributed by atoms with E-state index in [1.165, 1.54) is 5.56 Å². The van der Waals surface area contributed by atoms with Crippen molar-refractivity contribution < 1.29 is 9.47 Å². The first-order valence-corrected chi connectivity index (χ1v) is 6.58. The minimum atomic E-state index is 0.333. The molecule has 1 N–H and O–H groups in total. The number of methoxy groups -OCH3 is 1. The highest BCUT2D eigenvalue weighted by atomic mass is 16.5. The molecule has 1 atom stereocenters. The maximum atomic E-state index is 5.66. The predicted octanol–water partition coefficient (Wildman–Crippen LogP) is 3.02. The van der Waals surface area contributed by atoms with Crippen molar-refractivity contribution >= 4 is 0 Å². The van der Waals surface area contributed by atoms with Crippen molar-refractivity contribution in [2.24, 2.45) is 5.92 Å². The first-order valence-electron chi connectivity index (χ1n) is 6.58. The molecule has 18 heavy (non-hydrogen) atoms. The van der Waals surface area contributed by atoms with Crippen molar-refractivity contribution in [2.45, 2.75) is 26.8 Å². The van der Waals surface area contributed by atoms with E-state index in [-0.39, 0.29) is 0 Å². The van der Waals surface area contributed by atoms with E-state index in [2.05, 4.69) is 38.2 Å². The minimum absolute atomic E-state index is 0.333. The van der Waals surface area contributed by atoms with Crippen molar-refractivity contribution in [2.75, 3.05) is 26.9 Å². The van der Waals surface area contributed by atoms with Crippen molar-refractivity contribution in [3.05, 3.63) is 29.8 Å². The normalized spacial score (nSPS) is 12.7. The Labute approximate surface area is 110 Å². The van der Waals surface area contributed by atoms with Gasteiger partial charge in [-0.3, -0.25) is 0 Å². The average molecular weight is 251 g/mol. The van der Waals surface area contributed by atoms with Gasteiger partial charge in [-0.25, -0.2) is 0 Å². The lowest BCUT2D eigenvalue weighted by Gasteiger charge is -2.15. The predicted molar refractivity (Wildman–Crippen MR) is 75.1 cm³/mol. The molecule has 0 unspecified atom stereocenters. The van der Waals surface area contributed by atoms with E-state index in [0.29, 0.717) is 12.0 Å². The number of hydrogen-bond donors (Lipinski definition) is 1. The van der Waals surface area contributed by atoms with Crippen LogP contribution in [0.4, 0.5) is 0 Å². The molecule has 0 aliphatic carbocycles. The highest BCUT2D eigenvalue weighted by Crippen LogP contribution is 2.17. The van der Waals surface area contributed by atoms with Crippen LogP contribution < -0.4 is 10.1 Å². The van der Waals surface area contributed by atoms with Gasteiger partial charge < -0.3 is 14.8 Å². The second-order valence-corrected chi connectivity index (χ2v) is 4.94. The van der Waals surface area contributed by atoms with E-state index in [9.17, 15) is 0 Å². The van der Waals surface area contributed by atoms with Crippen LogP contribution >= 0.6 is 0 Å². The van der Waals surface area contributed by atoms with Crippen LogP contribution in [-0.2, 0) is 4.74 Å². The summed E-state index contributed by atoms with van der Waals surface area (Å²) in [5, 5.41) is 3.40. The van der Waals surface area contributed by atoms with E-state index in [4.69, 9.17) is 9.47 Å². The quantitative estimate of drug-likeness (QED) is 0.720. The van der Waals surface area contributed by atoms with Crippen LogP contribution in [0.1, 0.15) is 32.4 Å². The zero-order valence-corrected chi connectivity index (χ0v) is 11.9. The number of hydrogen-bond acceptors (Lipinski definition) is 3. The summed E-state index contributed by atoms with van der Waals surface area (Å²) in [4.78, 5) is 0. The Bertz CT molecular complexity index is 322. The number of rotatable bonds is 8. The molecule has 0 saturated heterocycles. The highest BCUT2D eigenvalue weighted by molar-refractivity contribution is 5.28. The molecule has 0 heterocycles. The molecule has 0 fully saturated rings. The van der Waals surface area contributed by atoms with Gasteiger partial charge in [-0.05, 0) is 30.5 Å². The number of nitrogens with one attached hydrogen (secondary N) is 1. The molecule has 3 nitrogen and oxygen atoms in total. The lowest BCUT2D eigenvalue weighted by molar-refractivity contribution is 0.196. The molecule has 0 aliphatic rings. The van der Waals surface area contributed by atoms with Gasteiger partial charge in [0.25, 0.3) is 0 Å². The molecular weight excluding hydrogens is 226 g/mol. The van der Waals surface area contributed by atoms with E-state index < -0.39 is 0 Å². The van der Waals surface area contributed by atoms with Gasteiger partial charge >= 0.3 is 0 Å². The molecule has 1 aromatic rings. The SMILES string of the molecule is COCCN[C@H](C)c1ccc(OCC(C)C)cc1. The zero-order valence-electron chi connectivity index (χ0n) is 11.9. The standard InChI is InChI=1S/C15H25NO2/c1-12(2)11-18-15-7-5-14(6-8-15)13(3)16-9-10-17-4/h5-8,12-13,16H,9-11H2,1-4H3/t13-/m1/s1. The Hall–Kier alpha value is -1.06. The first-order chi connectivity index (χ1) is 8.63. The summed E-state index contributed by atoms with van der Waals surface area (Å²) in [6.07, 6.45) is 0. The van der Waals surface area contributed by atoms with Gasteiger partial charge in [-0.1, -0.05) is 26.0 Å². The molecule has 0 bridgehead atoms. The summed E-state index contributed by atoms with van der Waals surface area (Å²) >= 11 is 0. The zero-order chi connectivity index (χ0) is 13.4. The fourth-order valence-electron chi connectivity index (χ4n) is 1.61. The Morgan fingerprint density at radius 2 is 1.78 bits per heavy atom. The van der Waals surface area contributed by atoms with Crippen LogP contribution in [0, 0.1) is 5.92 Å². The molecule has 0 radical (unpaired) electrons. The molecule has 3 heteroatoms. The molecule has 102 valence electrons. The first kappa shape index (κ1) is 15.0. The van der Waals surface area contributed by atoms with Gasteiger partial charge in [-0.15, -0.1) is 0 Å². The fraction of sp³-hybridized carbons (Fsp3) is 0.600. The lowest BCUT2D eigenvalue weighted by Crippen LogP contribution is -2.22. The van der Waals surface area contributed by atoms with Crippen LogP contribution in [-0.4, -0.2) is 26.9 Å².